The van der Waals surface area contributed by atoms with Gasteiger partial charge in [0.2, 0.25) is 10.0 Å². The first-order valence-electron chi connectivity index (χ1n) is 6.92. The highest BCUT2D eigenvalue weighted by atomic mass is 79.9. The van der Waals surface area contributed by atoms with E-state index >= 15 is 0 Å². The number of hydrogen-bond donors (Lipinski definition) is 0. The minimum Gasteiger partial charge on any atom is -0.299 e. The number of nitrogens with zero attached hydrogens (tertiary/aromatic N) is 3. The smallest absolute Gasteiger partial charge is 0.246 e. The van der Waals surface area contributed by atoms with E-state index in [0.717, 1.165) is 19.3 Å². The maximum Gasteiger partial charge on any atom is 0.246 e. The fourth-order valence-corrected chi connectivity index (χ4v) is 5.63. The Bertz CT molecular complexity index is 655. The Morgan fingerprint density at radius 1 is 1.33 bits per heavy atom. The van der Waals surface area contributed by atoms with E-state index in [4.69, 9.17) is 11.6 Å². The zero-order valence-corrected chi connectivity index (χ0v) is 14.8. The van der Waals surface area contributed by atoms with Crippen LogP contribution in [0.1, 0.15) is 19.3 Å². The van der Waals surface area contributed by atoms with E-state index in [1.165, 1.54) is 12.3 Å². The highest BCUT2D eigenvalue weighted by Crippen LogP contribution is 2.32. The summed E-state index contributed by atoms with van der Waals surface area (Å²) in [5.41, 5.74) is 0. The summed E-state index contributed by atoms with van der Waals surface area (Å²) in [6.45, 7) is 1.06. The van der Waals surface area contributed by atoms with Crippen molar-refractivity contribution in [3.63, 3.8) is 0 Å². The lowest BCUT2D eigenvalue weighted by atomic mass is 10.1. The van der Waals surface area contributed by atoms with Crippen molar-refractivity contribution < 1.29 is 8.42 Å². The van der Waals surface area contributed by atoms with E-state index in [0.29, 0.717) is 29.6 Å². The first-order chi connectivity index (χ1) is 9.89. The first kappa shape index (κ1) is 15.7. The van der Waals surface area contributed by atoms with Crippen LogP contribution in [0.2, 0.25) is 5.15 Å². The Morgan fingerprint density at radius 2 is 2.05 bits per heavy atom. The molecule has 3 heterocycles. The average Bonchev–Trinajstić information content (AvgIpc) is 2.65. The van der Waals surface area contributed by atoms with E-state index in [9.17, 15) is 8.42 Å². The molecule has 0 spiro atoms. The first-order valence-corrected chi connectivity index (χ1v) is 9.54. The molecule has 2 aliphatic heterocycles. The molecule has 0 amide bonds. The Morgan fingerprint density at radius 3 is 2.81 bits per heavy atom. The second-order valence-electron chi connectivity index (χ2n) is 5.64. The molecule has 1 aromatic heterocycles. The van der Waals surface area contributed by atoms with Crippen LogP contribution in [0, 0.1) is 0 Å². The van der Waals surface area contributed by atoms with Crippen LogP contribution in [-0.2, 0) is 10.0 Å². The summed E-state index contributed by atoms with van der Waals surface area (Å²) in [5.74, 6) is 0. The van der Waals surface area contributed by atoms with Gasteiger partial charge in [-0.3, -0.25) is 4.90 Å². The summed E-state index contributed by atoms with van der Waals surface area (Å²) in [5, 5.41) is 0.0287. The highest BCUT2D eigenvalue weighted by molar-refractivity contribution is 9.10. The number of rotatable bonds is 2. The molecule has 2 unspecified atom stereocenters. The van der Waals surface area contributed by atoms with Gasteiger partial charge in [0.05, 0.1) is 0 Å². The summed E-state index contributed by atoms with van der Waals surface area (Å²) in [6, 6.07) is 2.31. The summed E-state index contributed by atoms with van der Waals surface area (Å²) in [7, 11) is -1.51. The largest absolute Gasteiger partial charge is 0.299 e. The van der Waals surface area contributed by atoms with Crippen LogP contribution in [0.4, 0.5) is 0 Å². The van der Waals surface area contributed by atoms with E-state index < -0.39 is 10.0 Å². The number of fused-ring (bicyclic) bond motifs is 2. The molecule has 2 saturated heterocycles. The molecule has 0 saturated carbocycles. The predicted molar refractivity (Wildman–Crippen MR) is 84.9 cm³/mol. The fraction of sp³-hybridized carbons (Fsp3) is 0.615. The topological polar surface area (TPSA) is 53.5 Å². The monoisotopic (exact) mass is 393 g/mol. The third kappa shape index (κ3) is 2.86. The highest BCUT2D eigenvalue weighted by Gasteiger charge is 2.39. The lowest BCUT2D eigenvalue weighted by Crippen LogP contribution is -2.39. The third-order valence-electron chi connectivity index (χ3n) is 4.50. The third-order valence-corrected chi connectivity index (χ3v) is 7.23. The fourth-order valence-electron chi connectivity index (χ4n) is 3.22. The van der Waals surface area contributed by atoms with Gasteiger partial charge in [0.15, 0.2) is 0 Å². The zero-order chi connectivity index (χ0) is 15.2. The standard InChI is InChI=1S/C13H17BrClN3O2S/c1-17-10-2-3-11(17)8-18(5-4-10)21(19,20)12-6-9(14)7-16-13(12)15/h6-7,10-11H,2-5,8H2,1H3. The number of halogens is 2. The maximum absolute atomic E-state index is 12.9. The van der Waals surface area contributed by atoms with Gasteiger partial charge in [-0.2, -0.15) is 4.31 Å². The molecule has 8 heteroatoms. The van der Waals surface area contributed by atoms with E-state index in [2.05, 4.69) is 32.9 Å². The SMILES string of the molecule is CN1C2CCC1CN(S(=O)(=O)c1cc(Br)cnc1Cl)CC2. The van der Waals surface area contributed by atoms with Crippen molar-refractivity contribution in [1.82, 2.24) is 14.2 Å². The van der Waals surface area contributed by atoms with Crippen LogP contribution >= 0.6 is 27.5 Å². The Hall–Kier alpha value is -0.210. The van der Waals surface area contributed by atoms with Crippen molar-refractivity contribution in [2.45, 2.75) is 36.2 Å². The van der Waals surface area contributed by atoms with Gasteiger partial charge in [0, 0.05) is 35.8 Å². The summed E-state index contributed by atoms with van der Waals surface area (Å²) in [6.07, 6.45) is 4.58. The quantitative estimate of drug-likeness (QED) is 0.723. The van der Waals surface area contributed by atoms with Crippen molar-refractivity contribution >= 4 is 37.6 Å². The minimum absolute atomic E-state index is 0.0287. The molecule has 1 aromatic rings. The molecule has 0 radical (unpaired) electrons. The molecular weight excluding hydrogens is 378 g/mol. The molecule has 0 aliphatic carbocycles. The maximum atomic E-state index is 12.9. The number of hydrogen-bond acceptors (Lipinski definition) is 4. The van der Waals surface area contributed by atoms with Crippen LogP contribution in [-0.4, -0.2) is 54.8 Å². The van der Waals surface area contributed by atoms with Crippen LogP contribution in [0.3, 0.4) is 0 Å². The average molecular weight is 395 g/mol. The van der Waals surface area contributed by atoms with Gasteiger partial charge in [-0.15, -0.1) is 0 Å². The van der Waals surface area contributed by atoms with Crippen LogP contribution < -0.4 is 0 Å². The second kappa shape index (κ2) is 5.77. The van der Waals surface area contributed by atoms with Crippen LogP contribution in [0.5, 0.6) is 0 Å². The lowest BCUT2D eigenvalue weighted by molar-refractivity contribution is 0.246. The van der Waals surface area contributed by atoms with Gasteiger partial charge >= 0.3 is 0 Å². The minimum atomic E-state index is -3.60. The van der Waals surface area contributed by atoms with Crippen LogP contribution in [0.25, 0.3) is 0 Å². The predicted octanol–water partition coefficient (Wildman–Crippen LogP) is 2.35. The van der Waals surface area contributed by atoms with E-state index in [1.807, 2.05) is 0 Å². The molecule has 2 aliphatic rings. The Labute approximate surface area is 138 Å². The molecule has 116 valence electrons. The molecule has 5 nitrogen and oxygen atoms in total. The molecule has 0 N–H and O–H groups in total. The van der Waals surface area contributed by atoms with Crippen molar-refractivity contribution in [2.75, 3.05) is 20.1 Å². The van der Waals surface area contributed by atoms with Crippen molar-refractivity contribution in [3.05, 3.63) is 21.9 Å². The normalized spacial score (nSPS) is 27.8. The zero-order valence-electron chi connectivity index (χ0n) is 11.7. The van der Waals surface area contributed by atoms with Crippen molar-refractivity contribution in [2.24, 2.45) is 0 Å². The summed E-state index contributed by atoms with van der Waals surface area (Å²) in [4.78, 5) is 6.33. The molecular formula is C13H17BrClN3O2S. The van der Waals surface area contributed by atoms with Gasteiger partial charge in [0.1, 0.15) is 10.0 Å². The Balaban J connectivity index is 1.93. The van der Waals surface area contributed by atoms with E-state index in [1.54, 1.807) is 4.31 Å². The van der Waals surface area contributed by atoms with Crippen LogP contribution in [0.15, 0.2) is 21.6 Å². The number of sulfonamides is 1. The second-order valence-corrected chi connectivity index (χ2v) is 8.82. The molecule has 2 atom stereocenters. The molecule has 2 fully saturated rings. The molecule has 0 aromatic carbocycles. The summed E-state index contributed by atoms with van der Waals surface area (Å²) >= 11 is 9.26. The lowest BCUT2D eigenvalue weighted by Gasteiger charge is -2.25. The molecule has 21 heavy (non-hydrogen) atoms. The number of aromatic nitrogens is 1. The van der Waals surface area contributed by atoms with E-state index in [-0.39, 0.29) is 10.0 Å². The van der Waals surface area contributed by atoms with Gasteiger partial charge < -0.3 is 0 Å². The number of likely N-dealkylation sites (N-methyl/N-ethyl adjacent to an activating group) is 1. The Kier molecular flexibility index (Phi) is 4.31. The van der Waals surface area contributed by atoms with Gasteiger partial charge in [0.25, 0.3) is 0 Å². The van der Waals surface area contributed by atoms with Gasteiger partial charge in [-0.25, -0.2) is 13.4 Å². The van der Waals surface area contributed by atoms with Crippen molar-refractivity contribution in [3.8, 4) is 0 Å². The number of pyridine rings is 1. The van der Waals surface area contributed by atoms with Gasteiger partial charge in [-0.05, 0) is 48.3 Å². The molecule has 2 bridgehead atoms. The van der Waals surface area contributed by atoms with Crippen molar-refractivity contribution in [1.29, 1.82) is 0 Å². The molecule has 3 rings (SSSR count). The van der Waals surface area contributed by atoms with Gasteiger partial charge in [-0.1, -0.05) is 11.6 Å². The summed E-state index contributed by atoms with van der Waals surface area (Å²) < 4.78 is 27.9.